The predicted octanol–water partition coefficient (Wildman–Crippen LogP) is 3.54. The number of fused-ring (bicyclic) bond motifs is 1. The molecule has 1 aromatic carbocycles. The van der Waals surface area contributed by atoms with E-state index in [0.29, 0.717) is 6.54 Å². The molecule has 0 saturated carbocycles. The molecule has 0 aliphatic rings. The lowest BCUT2D eigenvalue weighted by Gasteiger charge is -2.15. The number of benzene rings is 1. The van der Waals surface area contributed by atoms with Crippen LogP contribution in [-0.4, -0.2) is 21.1 Å². The van der Waals surface area contributed by atoms with Gasteiger partial charge in [-0.1, -0.05) is 12.1 Å². The van der Waals surface area contributed by atoms with Gasteiger partial charge in [0.15, 0.2) is 5.65 Å². The summed E-state index contributed by atoms with van der Waals surface area (Å²) in [5.74, 6) is 0.939. The molecule has 0 radical (unpaired) electrons. The fourth-order valence-electron chi connectivity index (χ4n) is 2.69. The van der Waals surface area contributed by atoms with Crippen LogP contribution in [0.5, 0.6) is 0 Å². The number of hydrogen-bond acceptors (Lipinski definition) is 3. The first-order valence-electron chi connectivity index (χ1n) is 7.63. The summed E-state index contributed by atoms with van der Waals surface area (Å²) in [6.45, 7) is 8.94. The minimum atomic E-state index is 0.150. The Balaban J connectivity index is 2.29. The molecule has 2 N–H and O–H groups in total. The maximum absolute atomic E-state index is 5.91. The van der Waals surface area contributed by atoms with Crippen molar-refractivity contribution >= 4 is 11.2 Å². The van der Waals surface area contributed by atoms with Crippen LogP contribution in [0.3, 0.4) is 0 Å². The average Bonchev–Trinajstić information content (AvgIpc) is 2.87. The summed E-state index contributed by atoms with van der Waals surface area (Å²) in [6, 6.07) is 8.67. The SMILES string of the molecule is Cc1cnc2c(c1)nc(-c1ccc(C)c(C)c1)n2C(C)CN. The van der Waals surface area contributed by atoms with Gasteiger partial charge in [0, 0.05) is 24.3 Å². The van der Waals surface area contributed by atoms with Gasteiger partial charge < -0.3 is 10.3 Å². The molecule has 1 unspecified atom stereocenters. The van der Waals surface area contributed by atoms with Crippen LogP contribution in [0.2, 0.25) is 0 Å². The molecule has 2 heterocycles. The van der Waals surface area contributed by atoms with Gasteiger partial charge >= 0.3 is 0 Å². The Bertz CT molecular complexity index is 832. The standard InChI is InChI=1S/C18H22N4/c1-11-7-16-18(20-10-11)22(14(4)9-19)17(21-16)15-6-5-12(2)13(3)8-15/h5-8,10,14H,9,19H2,1-4H3. The molecular weight excluding hydrogens is 272 g/mol. The normalized spacial score (nSPS) is 12.8. The molecule has 3 rings (SSSR count). The highest BCUT2D eigenvalue weighted by atomic mass is 15.2. The number of rotatable bonds is 3. The Labute approximate surface area is 131 Å². The average molecular weight is 294 g/mol. The fraction of sp³-hybridized carbons (Fsp3) is 0.333. The molecule has 0 saturated heterocycles. The Hall–Kier alpha value is -2.20. The van der Waals surface area contributed by atoms with Crippen LogP contribution in [0.25, 0.3) is 22.6 Å². The highest BCUT2D eigenvalue weighted by molar-refractivity contribution is 5.78. The largest absolute Gasteiger partial charge is 0.328 e. The van der Waals surface area contributed by atoms with Gasteiger partial charge in [0.05, 0.1) is 0 Å². The zero-order valence-electron chi connectivity index (χ0n) is 13.6. The number of nitrogens with two attached hydrogens (primary N) is 1. The lowest BCUT2D eigenvalue weighted by atomic mass is 10.1. The van der Waals surface area contributed by atoms with Crippen molar-refractivity contribution in [3.63, 3.8) is 0 Å². The van der Waals surface area contributed by atoms with Crippen LogP contribution in [0.4, 0.5) is 0 Å². The molecule has 0 aliphatic carbocycles. The van der Waals surface area contributed by atoms with Gasteiger partial charge in [-0.05, 0) is 56.5 Å². The van der Waals surface area contributed by atoms with Crippen molar-refractivity contribution in [1.82, 2.24) is 14.5 Å². The van der Waals surface area contributed by atoms with E-state index in [2.05, 4.69) is 54.6 Å². The van der Waals surface area contributed by atoms with Gasteiger partial charge in [-0.25, -0.2) is 9.97 Å². The maximum Gasteiger partial charge on any atom is 0.160 e. The third-order valence-corrected chi connectivity index (χ3v) is 4.21. The van der Waals surface area contributed by atoms with E-state index in [1.165, 1.54) is 11.1 Å². The van der Waals surface area contributed by atoms with Crippen LogP contribution < -0.4 is 5.73 Å². The highest BCUT2D eigenvalue weighted by Gasteiger charge is 2.17. The fourth-order valence-corrected chi connectivity index (χ4v) is 2.69. The second kappa shape index (κ2) is 5.54. The zero-order valence-corrected chi connectivity index (χ0v) is 13.6. The van der Waals surface area contributed by atoms with Crippen LogP contribution in [0.1, 0.15) is 29.7 Å². The van der Waals surface area contributed by atoms with Crippen molar-refractivity contribution in [1.29, 1.82) is 0 Å². The van der Waals surface area contributed by atoms with Crippen molar-refractivity contribution < 1.29 is 0 Å². The minimum absolute atomic E-state index is 0.150. The van der Waals surface area contributed by atoms with Gasteiger partial charge in [0.2, 0.25) is 0 Å². The van der Waals surface area contributed by atoms with Crippen LogP contribution >= 0.6 is 0 Å². The van der Waals surface area contributed by atoms with Crippen molar-refractivity contribution in [2.24, 2.45) is 5.73 Å². The first-order valence-corrected chi connectivity index (χ1v) is 7.63. The summed E-state index contributed by atoms with van der Waals surface area (Å²) in [6.07, 6.45) is 1.88. The molecule has 0 aliphatic heterocycles. The molecule has 114 valence electrons. The number of nitrogens with zero attached hydrogens (tertiary/aromatic N) is 3. The van der Waals surface area contributed by atoms with Gasteiger partial charge in [-0.2, -0.15) is 0 Å². The highest BCUT2D eigenvalue weighted by Crippen LogP contribution is 2.28. The van der Waals surface area contributed by atoms with Gasteiger partial charge in [-0.15, -0.1) is 0 Å². The van der Waals surface area contributed by atoms with Gasteiger partial charge in [0.25, 0.3) is 0 Å². The van der Waals surface area contributed by atoms with Gasteiger partial charge in [-0.3, -0.25) is 0 Å². The van der Waals surface area contributed by atoms with Crippen molar-refractivity contribution in [3.8, 4) is 11.4 Å². The summed E-state index contributed by atoms with van der Waals surface area (Å²) < 4.78 is 2.15. The van der Waals surface area contributed by atoms with E-state index in [9.17, 15) is 0 Å². The topological polar surface area (TPSA) is 56.7 Å². The monoisotopic (exact) mass is 294 g/mol. The summed E-state index contributed by atoms with van der Waals surface area (Å²) >= 11 is 0. The van der Waals surface area contributed by atoms with Crippen molar-refractivity contribution in [2.45, 2.75) is 33.7 Å². The molecule has 2 aromatic heterocycles. The van der Waals surface area contributed by atoms with Crippen molar-refractivity contribution in [2.75, 3.05) is 6.54 Å². The molecule has 4 nitrogen and oxygen atoms in total. The zero-order chi connectivity index (χ0) is 15.9. The summed E-state index contributed by atoms with van der Waals surface area (Å²) in [5.41, 5.74) is 12.5. The quantitative estimate of drug-likeness (QED) is 0.803. The Kier molecular flexibility index (Phi) is 3.71. The molecule has 0 bridgehead atoms. The third-order valence-electron chi connectivity index (χ3n) is 4.21. The molecule has 4 heteroatoms. The van der Waals surface area contributed by atoms with Crippen LogP contribution in [-0.2, 0) is 0 Å². The molecule has 0 spiro atoms. The van der Waals surface area contributed by atoms with E-state index in [1.54, 1.807) is 0 Å². The van der Waals surface area contributed by atoms with Crippen LogP contribution in [0, 0.1) is 20.8 Å². The molecule has 1 atom stereocenters. The summed E-state index contributed by atoms with van der Waals surface area (Å²) in [5, 5.41) is 0. The summed E-state index contributed by atoms with van der Waals surface area (Å²) in [4.78, 5) is 9.41. The van der Waals surface area contributed by atoms with E-state index >= 15 is 0 Å². The lowest BCUT2D eigenvalue weighted by molar-refractivity contribution is 0.575. The third kappa shape index (κ3) is 2.40. The first kappa shape index (κ1) is 14.7. The first-order chi connectivity index (χ1) is 10.5. The lowest BCUT2D eigenvalue weighted by Crippen LogP contribution is -2.17. The number of imidazole rings is 1. The Morgan fingerprint density at radius 3 is 2.59 bits per heavy atom. The second-order valence-corrected chi connectivity index (χ2v) is 6.04. The van der Waals surface area contributed by atoms with Crippen LogP contribution in [0.15, 0.2) is 30.5 Å². The molecule has 0 amide bonds. The number of hydrogen-bond donors (Lipinski definition) is 1. The molecule has 0 fully saturated rings. The number of aryl methyl sites for hydroxylation is 3. The Morgan fingerprint density at radius 1 is 1.14 bits per heavy atom. The Morgan fingerprint density at radius 2 is 1.91 bits per heavy atom. The second-order valence-electron chi connectivity index (χ2n) is 6.04. The number of aromatic nitrogens is 3. The van der Waals surface area contributed by atoms with E-state index in [4.69, 9.17) is 10.7 Å². The molecule has 22 heavy (non-hydrogen) atoms. The smallest absolute Gasteiger partial charge is 0.160 e. The predicted molar refractivity (Wildman–Crippen MR) is 90.9 cm³/mol. The minimum Gasteiger partial charge on any atom is -0.328 e. The number of pyridine rings is 1. The maximum atomic E-state index is 5.91. The van der Waals surface area contributed by atoms with E-state index in [-0.39, 0.29) is 6.04 Å². The molecule has 3 aromatic rings. The van der Waals surface area contributed by atoms with Gasteiger partial charge in [0.1, 0.15) is 11.3 Å². The summed E-state index contributed by atoms with van der Waals surface area (Å²) in [7, 11) is 0. The van der Waals surface area contributed by atoms with E-state index in [1.807, 2.05) is 13.1 Å². The van der Waals surface area contributed by atoms with Crippen molar-refractivity contribution in [3.05, 3.63) is 47.2 Å². The molecular formula is C18H22N4. The van der Waals surface area contributed by atoms with E-state index in [0.717, 1.165) is 28.1 Å². The van der Waals surface area contributed by atoms with E-state index < -0.39 is 0 Å².